The highest BCUT2D eigenvalue weighted by atomic mass is 79.9. The zero-order valence-electron chi connectivity index (χ0n) is 9.09. The number of halogens is 2. The van der Waals surface area contributed by atoms with E-state index in [4.69, 9.17) is 5.26 Å². The molecular formula is C12H9BrFNO2. The largest absolute Gasteiger partial charge is 0.465 e. The highest BCUT2D eigenvalue weighted by Gasteiger charge is 2.49. The molecule has 0 radical (unpaired) electrons. The molecule has 0 atom stereocenters. The molecule has 88 valence electrons. The lowest BCUT2D eigenvalue weighted by Crippen LogP contribution is -2.15. The van der Waals surface area contributed by atoms with Crippen LogP contribution in [0.5, 0.6) is 0 Å². The molecule has 1 saturated carbocycles. The maximum Gasteiger partial charge on any atom is 0.338 e. The number of nitrogens with zero attached hydrogens (tertiary/aromatic N) is 1. The molecule has 1 aromatic rings. The summed E-state index contributed by atoms with van der Waals surface area (Å²) in [5.74, 6) is -1.17. The first-order chi connectivity index (χ1) is 8.05. The lowest BCUT2D eigenvalue weighted by molar-refractivity contribution is 0.0598. The fraction of sp³-hybridized carbons (Fsp3) is 0.333. The lowest BCUT2D eigenvalue weighted by atomic mass is 9.92. The summed E-state index contributed by atoms with van der Waals surface area (Å²) in [5.41, 5.74) is -0.578. The fourth-order valence-electron chi connectivity index (χ4n) is 1.84. The van der Waals surface area contributed by atoms with Crippen LogP contribution in [0.1, 0.15) is 28.8 Å². The van der Waals surface area contributed by atoms with E-state index in [1.807, 2.05) is 0 Å². The van der Waals surface area contributed by atoms with Gasteiger partial charge in [-0.1, -0.05) is 0 Å². The van der Waals surface area contributed by atoms with Gasteiger partial charge in [-0.3, -0.25) is 0 Å². The van der Waals surface area contributed by atoms with Crippen LogP contribution >= 0.6 is 15.9 Å². The number of nitriles is 1. The average Bonchev–Trinajstić information content (AvgIpc) is 3.12. The van der Waals surface area contributed by atoms with E-state index in [0.29, 0.717) is 12.8 Å². The Balaban J connectivity index is 2.66. The summed E-state index contributed by atoms with van der Waals surface area (Å²) < 4.78 is 18.9. The first kappa shape index (κ1) is 12.1. The Morgan fingerprint density at radius 2 is 2.24 bits per heavy atom. The second kappa shape index (κ2) is 4.11. The second-order valence-corrected chi connectivity index (χ2v) is 4.82. The molecule has 2 rings (SSSR count). The van der Waals surface area contributed by atoms with Gasteiger partial charge >= 0.3 is 5.97 Å². The number of carbonyl (C=O) groups excluding carboxylic acids is 1. The van der Waals surface area contributed by atoms with Crippen LogP contribution in [-0.4, -0.2) is 13.1 Å². The van der Waals surface area contributed by atoms with Crippen LogP contribution in [0, 0.1) is 17.1 Å². The summed E-state index contributed by atoms with van der Waals surface area (Å²) in [6, 6.07) is 5.01. The first-order valence-corrected chi connectivity index (χ1v) is 5.83. The van der Waals surface area contributed by atoms with Crippen molar-refractivity contribution in [3.8, 4) is 6.07 Å². The molecule has 1 aromatic carbocycles. The van der Waals surface area contributed by atoms with Gasteiger partial charge in [0.15, 0.2) is 0 Å². The summed E-state index contributed by atoms with van der Waals surface area (Å²) in [4.78, 5) is 11.6. The number of hydrogen-bond acceptors (Lipinski definition) is 3. The second-order valence-electron chi connectivity index (χ2n) is 3.97. The van der Waals surface area contributed by atoms with E-state index in [2.05, 4.69) is 26.7 Å². The summed E-state index contributed by atoms with van der Waals surface area (Å²) in [7, 11) is 1.23. The molecule has 3 nitrogen and oxygen atoms in total. The van der Waals surface area contributed by atoms with Crippen LogP contribution in [0.15, 0.2) is 16.6 Å². The number of rotatable bonds is 2. The third kappa shape index (κ3) is 1.83. The Morgan fingerprint density at radius 1 is 1.59 bits per heavy atom. The van der Waals surface area contributed by atoms with Gasteiger partial charge in [-0.2, -0.15) is 5.26 Å². The summed E-state index contributed by atoms with van der Waals surface area (Å²) in [6.07, 6.45) is 1.14. The molecule has 5 heteroatoms. The van der Waals surface area contributed by atoms with Gasteiger partial charge in [0.05, 0.1) is 28.6 Å². The van der Waals surface area contributed by atoms with Crippen molar-refractivity contribution in [1.82, 2.24) is 0 Å². The van der Waals surface area contributed by atoms with Gasteiger partial charge in [0.2, 0.25) is 0 Å². The van der Waals surface area contributed by atoms with Gasteiger partial charge in [-0.25, -0.2) is 9.18 Å². The van der Waals surface area contributed by atoms with E-state index in [-0.39, 0.29) is 15.6 Å². The van der Waals surface area contributed by atoms with E-state index >= 15 is 0 Å². The van der Waals surface area contributed by atoms with Gasteiger partial charge in [0.1, 0.15) is 5.82 Å². The average molecular weight is 298 g/mol. The lowest BCUT2D eigenvalue weighted by Gasteiger charge is -2.13. The number of methoxy groups -OCH3 is 1. The molecule has 17 heavy (non-hydrogen) atoms. The van der Waals surface area contributed by atoms with Crippen molar-refractivity contribution in [2.75, 3.05) is 7.11 Å². The van der Waals surface area contributed by atoms with Crippen LogP contribution in [0.3, 0.4) is 0 Å². The van der Waals surface area contributed by atoms with Gasteiger partial charge in [-0.05, 0) is 40.9 Å². The Labute approximate surface area is 106 Å². The number of hydrogen-bond donors (Lipinski definition) is 0. The molecule has 0 bridgehead atoms. The molecule has 0 N–H and O–H groups in total. The molecule has 0 spiro atoms. The Bertz CT molecular complexity index is 532. The monoisotopic (exact) mass is 297 g/mol. The third-order valence-electron chi connectivity index (χ3n) is 2.94. The van der Waals surface area contributed by atoms with Crippen molar-refractivity contribution in [3.05, 3.63) is 33.5 Å². The van der Waals surface area contributed by atoms with Crippen molar-refractivity contribution >= 4 is 21.9 Å². The van der Waals surface area contributed by atoms with Crippen LogP contribution in [0.2, 0.25) is 0 Å². The van der Waals surface area contributed by atoms with Gasteiger partial charge < -0.3 is 4.74 Å². The number of benzene rings is 1. The smallest absolute Gasteiger partial charge is 0.338 e. The van der Waals surface area contributed by atoms with Crippen molar-refractivity contribution in [1.29, 1.82) is 5.26 Å². The highest BCUT2D eigenvalue weighted by molar-refractivity contribution is 9.10. The van der Waals surface area contributed by atoms with E-state index in [1.165, 1.54) is 19.2 Å². The molecule has 0 saturated heterocycles. The molecular weight excluding hydrogens is 289 g/mol. The Morgan fingerprint density at radius 3 is 2.71 bits per heavy atom. The minimum Gasteiger partial charge on any atom is -0.465 e. The molecule has 1 aliphatic rings. The summed E-state index contributed by atoms with van der Waals surface area (Å²) >= 11 is 3.06. The molecule has 0 heterocycles. The van der Waals surface area contributed by atoms with Crippen molar-refractivity contribution in [3.63, 3.8) is 0 Å². The predicted molar refractivity (Wildman–Crippen MR) is 62.0 cm³/mol. The van der Waals surface area contributed by atoms with Crippen LogP contribution in [-0.2, 0) is 10.2 Å². The van der Waals surface area contributed by atoms with E-state index < -0.39 is 17.2 Å². The predicted octanol–water partition coefficient (Wildman–Crippen LogP) is 2.93. The maximum atomic E-state index is 14.1. The van der Waals surface area contributed by atoms with E-state index in [9.17, 15) is 9.18 Å². The van der Waals surface area contributed by atoms with Gasteiger partial charge in [0.25, 0.3) is 0 Å². The first-order valence-electron chi connectivity index (χ1n) is 5.04. The van der Waals surface area contributed by atoms with E-state index in [0.717, 1.165) is 0 Å². The fourth-order valence-corrected chi connectivity index (χ4v) is 2.17. The minimum absolute atomic E-state index is 0.132. The topological polar surface area (TPSA) is 50.1 Å². The molecule has 0 aromatic heterocycles. The zero-order chi connectivity index (χ0) is 12.6. The molecule has 1 fully saturated rings. The van der Waals surface area contributed by atoms with Crippen molar-refractivity contribution in [2.24, 2.45) is 0 Å². The van der Waals surface area contributed by atoms with Crippen molar-refractivity contribution in [2.45, 2.75) is 18.3 Å². The standard InChI is InChI=1S/C12H9BrFNO2/c1-17-11(16)7-2-3-8(13)10(14)9(7)12(6-15)4-5-12/h2-3H,4-5H2,1H3. The van der Waals surface area contributed by atoms with Crippen molar-refractivity contribution < 1.29 is 13.9 Å². The summed E-state index contributed by atoms with van der Waals surface area (Å²) in [5, 5.41) is 9.12. The molecule has 0 amide bonds. The Hall–Kier alpha value is -1.41. The SMILES string of the molecule is COC(=O)c1ccc(Br)c(F)c1C1(C#N)CC1. The van der Waals surface area contributed by atoms with Gasteiger partial charge in [-0.15, -0.1) is 0 Å². The highest BCUT2D eigenvalue weighted by Crippen LogP contribution is 2.50. The quantitative estimate of drug-likeness (QED) is 0.789. The molecule has 1 aliphatic carbocycles. The molecule has 0 unspecified atom stereocenters. The number of carbonyl (C=O) groups is 1. The normalized spacial score (nSPS) is 16.1. The van der Waals surface area contributed by atoms with E-state index in [1.54, 1.807) is 0 Å². The van der Waals surface area contributed by atoms with Crippen LogP contribution < -0.4 is 0 Å². The van der Waals surface area contributed by atoms with Crippen LogP contribution in [0.25, 0.3) is 0 Å². The zero-order valence-corrected chi connectivity index (χ0v) is 10.7. The molecule has 0 aliphatic heterocycles. The Kier molecular flexibility index (Phi) is 2.92. The minimum atomic E-state index is -0.864. The van der Waals surface area contributed by atoms with Gasteiger partial charge in [0, 0.05) is 5.56 Å². The third-order valence-corrected chi connectivity index (χ3v) is 3.56. The maximum absolute atomic E-state index is 14.1. The van der Waals surface area contributed by atoms with Crippen LogP contribution in [0.4, 0.5) is 4.39 Å². The number of esters is 1. The number of ether oxygens (including phenoxy) is 1. The summed E-state index contributed by atoms with van der Waals surface area (Å²) in [6.45, 7) is 0.